The highest BCUT2D eigenvalue weighted by Crippen LogP contribution is 2.33. The number of amides is 2. The summed E-state index contributed by atoms with van der Waals surface area (Å²) in [4.78, 5) is 27.6. The predicted octanol–water partition coefficient (Wildman–Crippen LogP) is 4.44. The standard InChI is InChI=1S/C19H14N2O3S/c1-10-3-11(2)5-12(4-10)15-9-20-8-13-6-14(24-17(13)15)7-16-18(22)21-19(23)25-16/h3-9H,1-2H3,(H,21,22,23)/b16-7-. The Hall–Kier alpha value is -2.86. The van der Waals surface area contributed by atoms with Gasteiger partial charge in [0.1, 0.15) is 11.3 Å². The van der Waals surface area contributed by atoms with E-state index in [0.717, 1.165) is 28.3 Å². The molecule has 0 unspecified atom stereocenters. The largest absolute Gasteiger partial charge is 0.456 e. The lowest BCUT2D eigenvalue weighted by Gasteiger charge is -2.05. The Morgan fingerprint density at radius 1 is 1.08 bits per heavy atom. The zero-order valence-corrected chi connectivity index (χ0v) is 14.4. The molecule has 124 valence electrons. The van der Waals surface area contributed by atoms with Gasteiger partial charge in [-0.15, -0.1) is 0 Å². The molecule has 0 spiro atoms. The van der Waals surface area contributed by atoms with Crippen LogP contribution in [-0.2, 0) is 4.79 Å². The van der Waals surface area contributed by atoms with Crippen LogP contribution < -0.4 is 5.32 Å². The molecule has 3 heterocycles. The molecule has 0 aliphatic carbocycles. The molecule has 25 heavy (non-hydrogen) atoms. The molecular formula is C19H14N2O3S. The number of thioether (sulfide) groups is 1. The van der Waals surface area contributed by atoms with Crippen molar-refractivity contribution in [1.82, 2.24) is 10.3 Å². The van der Waals surface area contributed by atoms with Crippen LogP contribution in [0.3, 0.4) is 0 Å². The minimum Gasteiger partial charge on any atom is -0.456 e. The van der Waals surface area contributed by atoms with Crippen LogP contribution in [0.5, 0.6) is 0 Å². The first-order chi connectivity index (χ1) is 12.0. The summed E-state index contributed by atoms with van der Waals surface area (Å²) in [7, 11) is 0. The van der Waals surface area contributed by atoms with E-state index >= 15 is 0 Å². The SMILES string of the molecule is Cc1cc(C)cc(-c2cncc3cc(/C=C4\SC(=O)NC4=O)oc23)c1. The number of hydrogen-bond donors (Lipinski definition) is 1. The summed E-state index contributed by atoms with van der Waals surface area (Å²) >= 11 is 0.869. The molecule has 3 aromatic rings. The Morgan fingerprint density at radius 2 is 1.84 bits per heavy atom. The summed E-state index contributed by atoms with van der Waals surface area (Å²) in [5.41, 5.74) is 4.97. The highest BCUT2D eigenvalue weighted by molar-refractivity contribution is 8.18. The van der Waals surface area contributed by atoms with Crippen molar-refractivity contribution in [2.45, 2.75) is 13.8 Å². The highest BCUT2D eigenvalue weighted by Gasteiger charge is 2.25. The summed E-state index contributed by atoms with van der Waals surface area (Å²) in [6.45, 7) is 4.10. The van der Waals surface area contributed by atoms with Crippen LogP contribution in [0, 0.1) is 13.8 Å². The minimum atomic E-state index is -0.400. The van der Waals surface area contributed by atoms with Gasteiger partial charge in [-0.2, -0.15) is 0 Å². The third kappa shape index (κ3) is 2.96. The van der Waals surface area contributed by atoms with Crippen LogP contribution in [0.25, 0.3) is 28.2 Å². The van der Waals surface area contributed by atoms with E-state index < -0.39 is 5.91 Å². The maximum Gasteiger partial charge on any atom is 0.290 e. The van der Waals surface area contributed by atoms with E-state index in [4.69, 9.17) is 4.42 Å². The fourth-order valence-corrected chi connectivity index (χ4v) is 3.60. The molecule has 0 atom stereocenters. The lowest BCUT2D eigenvalue weighted by molar-refractivity contribution is -0.115. The number of carbonyl (C=O) groups excluding carboxylic acids is 2. The third-order valence-electron chi connectivity index (χ3n) is 3.89. The molecule has 1 fully saturated rings. The number of nitrogens with zero attached hydrogens (tertiary/aromatic N) is 1. The van der Waals surface area contributed by atoms with E-state index in [9.17, 15) is 9.59 Å². The fourth-order valence-electron chi connectivity index (χ4n) is 2.94. The van der Waals surface area contributed by atoms with Gasteiger partial charge in [0.05, 0.1) is 4.91 Å². The molecule has 2 amide bonds. The lowest BCUT2D eigenvalue weighted by atomic mass is 10.0. The summed E-state index contributed by atoms with van der Waals surface area (Å²) in [5, 5.41) is 2.71. The second-order valence-electron chi connectivity index (χ2n) is 5.98. The Labute approximate surface area is 148 Å². The average Bonchev–Trinajstić information content (AvgIpc) is 3.08. The van der Waals surface area contributed by atoms with Gasteiger partial charge in [-0.3, -0.25) is 19.9 Å². The first kappa shape index (κ1) is 15.7. The Morgan fingerprint density at radius 3 is 2.52 bits per heavy atom. The summed E-state index contributed by atoms with van der Waals surface area (Å²) in [6, 6.07) is 8.10. The zero-order valence-electron chi connectivity index (χ0n) is 13.6. The minimum absolute atomic E-state index is 0.324. The van der Waals surface area contributed by atoms with Crippen molar-refractivity contribution in [3.63, 3.8) is 0 Å². The Balaban J connectivity index is 1.83. The molecule has 1 aromatic carbocycles. The van der Waals surface area contributed by atoms with Crippen LogP contribution in [0.1, 0.15) is 16.9 Å². The molecule has 6 heteroatoms. The van der Waals surface area contributed by atoms with Gasteiger partial charge in [0.2, 0.25) is 0 Å². The van der Waals surface area contributed by atoms with E-state index in [1.807, 2.05) is 6.07 Å². The van der Waals surface area contributed by atoms with E-state index in [0.29, 0.717) is 16.2 Å². The molecule has 0 bridgehead atoms. The summed E-state index contributed by atoms with van der Waals surface area (Å²) < 4.78 is 5.96. The Kier molecular flexibility index (Phi) is 3.69. The van der Waals surface area contributed by atoms with E-state index in [-0.39, 0.29) is 5.24 Å². The number of furan rings is 1. The number of pyridine rings is 1. The highest BCUT2D eigenvalue weighted by atomic mass is 32.2. The van der Waals surface area contributed by atoms with Crippen LogP contribution in [0.2, 0.25) is 0 Å². The second-order valence-corrected chi connectivity index (χ2v) is 7.00. The molecule has 0 saturated carbocycles. The maximum absolute atomic E-state index is 11.7. The van der Waals surface area contributed by atoms with Gasteiger partial charge in [0.15, 0.2) is 0 Å². The van der Waals surface area contributed by atoms with Crippen molar-refractivity contribution in [2.75, 3.05) is 0 Å². The van der Waals surface area contributed by atoms with Crippen LogP contribution in [0.15, 0.2) is 46.0 Å². The molecule has 4 rings (SSSR count). The Bertz CT molecular complexity index is 1050. The van der Waals surface area contributed by atoms with Crippen LogP contribution in [0.4, 0.5) is 4.79 Å². The number of rotatable bonds is 2. The number of fused-ring (bicyclic) bond motifs is 1. The van der Waals surface area contributed by atoms with Gasteiger partial charge >= 0.3 is 0 Å². The number of aromatic nitrogens is 1. The number of imide groups is 1. The quantitative estimate of drug-likeness (QED) is 0.692. The summed E-state index contributed by atoms with van der Waals surface area (Å²) in [5.74, 6) is 0.115. The molecular weight excluding hydrogens is 336 g/mol. The zero-order chi connectivity index (χ0) is 17.6. The van der Waals surface area contributed by atoms with Gasteiger partial charge in [-0.25, -0.2) is 0 Å². The van der Waals surface area contributed by atoms with Crippen LogP contribution >= 0.6 is 11.8 Å². The topological polar surface area (TPSA) is 72.2 Å². The molecule has 5 nitrogen and oxygen atoms in total. The molecule has 1 aliphatic rings. The van der Waals surface area contributed by atoms with Crippen molar-refractivity contribution < 1.29 is 14.0 Å². The van der Waals surface area contributed by atoms with Crippen LogP contribution in [-0.4, -0.2) is 16.1 Å². The first-order valence-electron chi connectivity index (χ1n) is 7.71. The molecule has 1 saturated heterocycles. The van der Waals surface area contributed by atoms with Gasteiger partial charge in [-0.05, 0) is 37.2 Å². The van der Waals surface area contributed by atoms with E-state index in [1.54, 1.807) is 18.5 Å². The number of nitrogens with one attached hydrogen (secondary N) is 1. The van der Waals surface area contributed by atoms with Crippen molar-refractivity contribution in [2.24, 2.45) is 0 Å². The average molecular weight is 350 g/mol. The smallest absolute Gasteiger partial charge is 0.290 e. The molecule has 1 aliphatic heterocycles. The normalized spacial score (nSPS) is 16.0. The van der Waals surface area contributed by atoms with Gasteiger partial charge in [-0.1, -0.05) is 29.3 Å². The monoisotopic (exact) mass is 350 g/mol. The van der Waals surface area contributed by atoms with Crippen molar-refractivity contribution in [1.29, 1.82) is 0 Å². The number of aryl methyl sites for hydroxylation is 2. The van der Waals surface area contributed by atoms with Gasteiger partial charge < -0.3 is 4.42 Å². The maximum atomic E-state index is 11.7. The number of benzene rings is 1. The van der Waals surface area contributed by atoms with Gasteiger partial charge in [0.25, 0.3) is 11.1 Å². The van der Waals surface area contributed by atoms with Crippen molar-refractivity contribution in [3.8, 4) is 11.1 Å². The predicted molar refractivity (Wildman–Crippen MR) is 98.0 cm³/mol. The first-order valence-corrected chi connectivity index (χ1v) is 8.52. The molecule has 2 aromatic heterocycles. The molecule has 0 radical (unpaired) electrons. The molecule has 1 N–H and O–H groups in total. The number of carbonyl (C=O) groups is 2. The van der Waals surface area contributed by atoms with E-state index in [1.165, 1.54) is 11.1 Å². The number of hydrogen-bond acceptors (Lipinski definition) is 5. The van der Waals surface area contributed by atoms with Crippen molar-refractivity contribution >= 4 is 40.0 Å². The third-order valence-corrected chi connectivity index (χ3v) is 4.70. The summed E-state index contributed by atoms with van der Waals surface area (Å²) in [6.07, 6.45) is 5.08. The second kappa shape index (κ2) is 5.89. The lowest BCUT2D eigenvalue weighted by Crippen LogP contribution is -2.17. The van der Waals surface area contributed by atoms with E-state index in [2.05, 4.69) is 42.3 Å². The van der Waals surface area contributed by atoms with Crippen molar-refractivity contribution in [3.05, 3.63) is 58.5 Å². The van der Waals surface area contributed by atoms with Gasteiger partial charge in [0, 0.05) is 29.4 Å². The fraction of sp³-hybridized carbons (Fsp3) is 0.105.